The minimum absolute atomic E-state index is 0.110. The van der Waals surface area contributed by atoms with E-state index in [0.717, 1.165) is 0 Å². The summed E-state index contributed by atoms with van der Waals surface area (Å²) in [4.78, 5) is 137. The first-order valence-corrected chi connectivity index (χ1v) is 19.6. The Labute approximate surface area is 361 Å². The Hall–Kier alpha value is -6.77. The second kappa shape index (κ2) is 28.7. The third kappa shape index (κ3) is 21.5. The van der Waals surface area contributed by atoms with Crippen LogP contribution in [0.2, 0.25) is 0 Å². The maximum atomic E-state index is 13.1. The summed E-state index contributed by atoms with van der Waals surface area (Å²) in [6.45, 7) is -1.96. The number of aliphatic carboxylic acids is 1. The number of nitrogens with one attached hydrogen (secondary N) is 8. The van der Waals surface area contributed by atoms with Crippen LogP contribution in [0, 0.1) is 0 Å². The van der Waals surface area contributed by atoms with Crippen LogP contribution in [0.15, 0.2) is 30.3 Å². The minimum atomic E-state index is -1.76. The fraction of sp³-hybridized carbons (Fsp3) is 0.541. The zero-order chi connectivity index (χ0) is 47.6. The van der Waals surface area contributed by atoms with Gasteiger partial charge in [0.25, 0.3) is 0 Å². The van der Waals surface area contributed by atoms with Crippen LogP contribution >= 0.6 is 0 Å². The molecule has 63 heavy (non-hydrogen) atoms. The summed E-state index contributed by atoms with van der Waals surface area (Å²) >= 11 is 0. The zero-order valence-corrected chi connectivity index (χ0v) is 34.6. The molecule has 0 radical (unpaired) electrons. The van der Waals surface area contributed by atoms with E-state index >= 15 is 0 Å². The Kier molecular flexibility index (Phi) is 24.7. The molecule has 0 unspecified atom stereocenters. The lowest BCUT2D eigenvalue weighted by molar-refractivity contribution is -0.142. The van der Waals surface area contributed by atoms with E-state index in [1.807, 2.05) is 0 Å². The van der Waals surface area contributed by atoms with Gasteiger partial charge in [0.1, 0.15) is 36.3 Å². The van der Waals surface area contributed by atoms with Gasteiger partial charge in [-0.15, -0.1) is 0 Å². The third-order valence-corrected chi connectivity index (χ3v) is 8.76. The van der Waals surface area contributed by atoms with Crippen LogP contribution in [-0.2, 0) is 59.2 Å². The molecular formula is C37H58N12O14. The number of benzene rings is 1. The summed E-state index contributed by atoms with van der Waals surface area (Å²) < 4.78 is 0. The van der Waals surface area contributed by atoms with E-state index in [1.165, 1.54) is 6.92 Å². The molecule has 26 heteroatoms. The fourth-order valence-corrected chi connectivity index (χ4v) is 5.34. The first-order valence-electron chi connectivity index (χ1n) is 19.6. The molecule has 10 amide bonds. The number of primary amides is 2. The van der Waals surface area contributed by atoms with Gasteiger partial charge in [0.2, 0.25) is 59.1 Å². The largest absolute Gasteiger partial charge is 0.480 e. The van der Waals surface area contributed by atoms with Crippen LogP contribution in [-0.4, -0.2) is 156 Å². The van der Waals surface area contributed by atoms with Crippen molar-refractivity contribution in [1.82, 2.24) is 42.5 Å². The molecule has 0 aliphatic carbocycles. The number of hydrogen-bond acceptors (Lipinski definition) is 15. The number of amides is 10. The lowest BCUT2D eigenvalue weighted by atomic mass is 10.0. The van der Waals surface area contributed by atoms with Crippen LogP contribution in [0.1, 0.15) is 51.0 Å². The van der Waals surface area contributed by atoms with Gasteiger partial charge in [-0.2, -0.15) is 0 Å². The molecule has 19 N–H and O–H groups in total. The number of aliphatic hydroxyl groups is 2. The van der Waals surface area contributed by atoms with E-state index in [-0.39, 0.29) is 12.8 Å². The highest BCUT2D eigenvalue weighted by Crippen LogP contribution is 2.06. The lowest BCUT2D eigenvalue weighted by Gasteiger charge is -2.24. The topological polar surface area (TPSA) is 449 Å². The number of aliphatic hydroxyl groups excluding tert-OH is 2. The van der Waals surface area contributed by atoms with Crippen LogP contribution in [0.5, 0.6) is 0 Å². The molecule has 0 fully saturated rings. The van der Waals surface area contributed by atoms with E-state index in [0.29, 0.717) is 24.9 Å². The molecule has 350 valence electrons. The standard InChI is InChI=1S/C37H58N12O14/c1-19(39)31(56)45-21(9-5-6-12-38)33(58)49-26(18-51)36(61)46-22(10-11-27(40)52)32(57)43-15-29(54)42-16-30(55)44-25(17-50)35(60)47-23(14-28(41)53)34(59)48-24(37(62)63)13-20-7-3-2-4-8-20/h2-4,7-8,19,21-26,50-51H,5-6,9-18,38-39H2,1H3,(H2,40,52)(H2,41,53)(H,42,54)(H,43,57)(H,44,55)(H,45,56)(H,46,61)(H,47,60)(H,48,59)(H,49,58)(H,62,63)/t19-,21-,22-,23-,24-,25-,26-/m0/s1. The van der Waals surface area contributed by atoms with Crippen LogP contribution in [0.25, 0.3) is 0 Å². The smallest absolute Gasteiger partial charge is 0.326 e. The highest BCUT2D eigenvalue weighted by molar-refractivity contribution is 5.97. The molecule has 0 aliphatic rings. The van der Waals surface area contributed by atoms with Crippen molar-refractivity contribution in [3.8, 4) is 0 Å². The van der Waals surface area contributed by atoms with Crippen molar-refractivity contribution in [3.05, 3.63) is 35.9 Å². The predicted octanol–water partition coefficient (Wildman–Crippen LogP) is -7.94. The molecule has 0 heterocycles. The fourth-order valence-electron chi connectivity index (χ4n) is 5.34. The van der Waals surface area contributed by atoms with Gasteiger partial charge in [0.05, 0.1) is 38.8 Å². The maximum absolute atomic E-state index is 13.1. The summed E-state index contributed by atoms with van der Waals surface area (Å²) in [6, 6.07) is -2.08. The third-order valence-electron chi connectivity index (χ3n) is 8.76. The van der Waals surface area contributed by atoms with E-state index in [9.17, 15) is 68.1 Å². The van der Waals surface area contributed by atoms with Gasteiger partial charge >= 0.3 is 5.97 Å². The van der Waals surface area contributed by atoms with Gasteiger partial charge in [-0.05, 0) is 44.7 Å². The Morgan fingerprint density at radius 2 is 1.06 bits per heavy atom. The van der Waals surface area contributed by atoms with Crippen molar-refractivity contribution in [2.24, 2.45) is 22.9 Å². The van der Waals surface area contributed by atoms with E-state index in [2.05, 4.69) is 42.5 Å². The maximum Gasteiger partial charge on any atom is 0.326 e. The molecule has 1 aromatic carbocycles. The average Bonchev–Trinajstić information content (AvgIpc) is 3.23. The van der Waals surface area contributed by atoms with E-state index in [4.69, 9.17) is 22.9 Å². The number of carbonyl (C=O) groups is 11. The molecule has 26 nitrogen and oxygen atoms in total. The van der Waals surface area contributed by atoms with Crippen LogP contribution < -0.4 is 65.5 Å². The molecule has 1 rings (SSSR count). The monoisotopic (exact) mass is 894 g/mol. The molecule has 7 atom stereocenters. The first kappa shape index (κ1) is 54.2. The van der Waals surface area contributed by atoms with Gasteiger partial charge in [0, 0.05) is 12.8 Å². The van der Waals surface area contributed by atoms with E-state index in [1.54, 1.807) is 30.3 Å². The Morgan fingerprint density at radius 3 is 1.60 bits per heavy atom. The minimum Gasteiger partial charge on any atom is -0.480 e. The number of nitrogens with two attached hydrogens (primary N) is 4. The second-order valence-corrected chi connectivity index (χ2v) is 14.1. The molecule has 0 aliphatic heterocycles. The molecule has 0 saturated carbocycles. The van der Waals surface area contributed by atoms with Gasteiger partial charge in [-0.25, -0.2) is 4.79 Å². The number of carboxylic acids is 1. The SMILES string of the molecule is C[C@H](N)C(=O)N[C@@H](CCCCN)C(=O)N[C@@H](CO)C(=O)N[C@@H](CCC(N)=O)C(=O)NCC(=O)NCC(=O)N[C@@H](CO)C(=O)N[C@@H](CC(N)=O)C(=O)N[C@@H](Cc1ccccc1)C(=O)O. The second-order valence-electron chi connectivity index (χ2n) is 14.1. The summed E-state index contributed by atoms with van der Waals surface area (Å²) in [5.41, 5.74) is 22.0. The summed E-state index contributed by atoms with van der Waals surface area (Å²) in [6.07, 6.45) is -0.741. The number of unbranched alkanes of at least 4 members (excludes halogenated alkanes) is 1. The van der Waals surface area contributed by atoms with Crippen molar-refractivity contribution in [2.45, 2.75) is 94.2 Å². The predicted molar refractivity (Wildman–Crippen MR) is 218 cm³/mol. The van der Waals surface area contributed by atoms with Gasteiger partial charge in [-0.3, -0.25) is 47.9 Å². The number of carbonyl (C=O) groups excluding carboxylic acids is 10. The van der Waals surface area contributed by atoms with Gasteiger partial charge in [0.15, 0.2) is 0 Å². The highest BCUT2D eigenvalue weighted by atomic mass is 16.4. The van der Waals surface area contributed by atoms with Crippen LogP contribution in [0.3, 0.4) is 0 Å². The summed E-state index contributed by atoms with van der Waals surface area (Å²) in [5.74, 6) is -11.3. The van der Waals surface area contributed by atoms with Crippen molar-refractivity contribution >= 4 is 65.0 Å². The molecule has 0 bridgehead atoms. The quantitative estimate of drug-likeness (QED) is 0.0319. The van der Waals surface area contributed by atoms with Gasteiger partial charge < -0.3 is 80.8 Å². The molecular weight excluding hydrogens is 836 g/mol. The Bertz CT molecular complexity index is 1770. The molecule has 0 aromatic heterocycles. The number of rotatable bonds is 30. The number of hydrogen-bond donors (Lipinski definition) is 15. The van der Waals surface area contributed by atoms with Crippen molar-refractivity contribution in [2.75, 3.05) is 32.8 Å². The number of carboxylic acid groups (broad SMARTS) is 1. The van der Waals surface area contributed by atoms with Crippen LogP contribution in [0.4, 0.5) is 0 Å². The zero-order valence-electron chi connectivity index (χ0n) is 34.6. The summed E-state index contributed by atoms with van der Waals surface area (Å²) in [7, 11) is 0. The average molecular weight is 895 g/mol. The molecule has 0 spiro atoms. The van der Waals surface area contributed by atoms with E-state index < -0.39 is 153 Å². The van der Waals surface area contributed by atoms with Crippen molar-refractivity contribution in [1.29, 1.82) is 0 Å². The highest BCUT2D eigenvalue weighted by Gasteiger charge is 2.32. The Balaban J connectivity index is 2.86. The van der Waals surface area contributed by atoms with Gasteiger partial charge in [-0.1, -0.05) is 30.3 Å². The first-order chi connectivity index (χ1) is 29.7. The Morgan fingerprint density at radius 1 is 0.571 bits per heavy atom. The molecule has 1 aromatic rings. The van der Waals surface area contributed by atoms with Crippen molar-refractivity contribution < 1.29 is 68.1 Å². The lowest BCUT2D eigenvalue weighted by Crippen LogP contribution is -2.59. The normalized spacial score (nSPS) is 14.0. The van der Waals surface area contributed by atoms with Crippen molar-refractivity contribution in [3.63, 3.8) is 0 Å². The molecule has 0 saturated heterocycles. The summed E-state index contributed by atoms with van der Waals surface area (Å²) in [5, 5.41) is 47.0.